The van der Waals surface area contributed by atoms with Crippen molar-refractivity contribution in [1.82, 2.24) is 9.97 Å². The van der Waals surface area contributed by atoms with Gasteiger partial charge < -0.3 is 0 Å². The highest BCUT2D eigenvalue weighted by Crippen LogP contribution is 2.42. The highest BCUT2D eigenvalue weighted by atomic mass is 14.7. The third-order valence-corrected chi connectivity index (χ3v) is 9.81. The van der Waals surface area contributed by atoms with Crippen molar-refractivity contribution in [1.29, 1.82) is 0 Å². The molecule has 0 unspecified atom stereocenters. The van der Waals surface area contributed by atoms with Crippen LogP contribution in [0.4, 0.5) is 0 Å². The number of hydrogen-bond donors (Lipinski definition) is 0. The van der Waals surface area contributed by atoms with Crippen LogP contribution in [0.2, 0.25) is 0 Å². The number of hydrogen-bond acceptors (Lipinski definition) is 2. The molecule has 0 aliphatic heterocycles. The van der Waals surface area contributed by atoms with Gasteiger partial charge in [-0.3, -0.25) is 0 Å². The monoisotopic (exact) mass is 608 g/mol. The Morgan fingerprint density at radius 3 is 1.58 bits per heavy atom. The number of aromatic nitrogens is 2. The Morgan fingerprint density at radius 2 is 0.812 bits per heavy atom. The van der Waals surface area contributed by atoms with E-state index in [1.807, 2.05) is 0 Å². The fourth-order valence-corrected chi connectivity index (χ4v) is 7.54. The molecule has 0 aliphatic rings. The first-order chi connectivity index (χ1) is 23.8. The zero-order valence-electron chi connectivity index (χ0n) is 26.1. The van der Waals surface area contributed by atoms with Gasteiger partial charge in [-0.15, -0.1) is 0 Å². The van der Waals surface area contributed by atoms with Gasteiger partial charge in [0.1, 0.15) is 0 Å². The summed E-state index contributed by atoms with van der Waals surface area (Å²) in [7, 11) is 0. The third-order valence-electron chi connectivity index (χ3n) is 9.81. The minimum Gasteiger partial charge on any atom is -0.247 e. The molecule has 0 radical (unpaired) electrons. The van der Waals surface area contributed by atoms with Gasteiger partial charge in [-0.05, 0) is 62.3 Å². The van der Waals surface area contributed by atoms with Crippen molar-refractivity contribution in [2.24, 2.45) is 0 Å². The van der Waals surface area contributed by atoms with Crippen molar-refractivity contribution >= 4 is 64.9 Å². The Hall–Kier alpha value is -6.38. The van der Waals surface area contributed by atoms with E-state index < -0.39 is 0 Å². The van der Waals surface area contributed by atoms with Gasteiger partial charge in [-0.2, -0.15) is 0 Å². The summed E-state index contributed by atoms with van der Waals surface area (Å²) in [6.07, 6.45) is 0. The van der Waals surface area contributed by atoms with E-state index in [2.05, 4.69) is 170 Å². The van der Waals surface area contributed by atoms with Crippen molar-refractivity contribution in [2.45, 2.75) is 0 Å². The molecule has 10 aromatic rings. The van der Waals surface area contributed by atoms with Crippen LogP contribution in [0.15, 0.2) is 170 Å². The first-order valence-electron chi connectivity index (χ1n) is 16.4. The van der Waals surface area contributed by atoms with Crippen molar-refractivity contribution < 1.29 is 0 Å². The summed E-state index contributed by atoms with van der Waals surface area (Å²) in [5.41, 5.74) is 8.62. The number of benzene rings is 8. The molecule has 48 heavy (non-hydrogen) atoms. The molecular formula is C46H28N2. The fourth-order valence-electron chi connectivity index (χ4n) is 7.54. The predicted octanol–water partition coefficient (Wildman–Crippen LogP) is 12.4. The quantitative estimate of drug-likeness (QED) is 0.187. The maximum Gasteiger partial charge on any atom is 0.0788 e. The number of fused-ring (bicyclic) bond motifs is 9. The van der Waals surface area contributed by atoms with Crippen molar-refractivity contribution in [3.05, 3.63) is 170 Å². The van der Waals surface area contributed by atoms with Crippen LogP contribution >= 0.6 is 0 Å². The minimum absolute atomic E-state index is 1.00. The maximum absolute atomic E-state index is 5.32. The molecule has 0 N–H and O–H groups in total. The van der Waals surface area contributed by atoms with Crippen LogP contribution in [0.5, 0.6) is 0 Å². The Labute approximate surface area is 277 Å². The minimum atomic E-state index is 1.00. The van der Waals surface area contributed by atoms with Gasteiger partial charge in [0.25, 0.3) is 0 Å². The topological polar surface area (TPSA) is 25.8 Å². The maximum atomic E-state index is 5.32. The normalized spacial score (nSPS) is 11.8. The molecular weight excluding hydrogens is 581 g/mol. The van der Waals surface area contributed by atoms with Crippen LogP contribution in [0.3, 0.4) is 0 Å². The first kappa shape index (κ1) is 26.8. The average Bonchev–Trinajstić information content (AvgIpc) is 3.16. The molecule has 0 amide bonds. The number of pyridine rings is 2. The van der Waals surface area contributed by atoms with Gasteiger partial charge in [-0.25, -0.2) is 9.97 Å². The van der Waals surface area contributed by atoms with Crippen molar-refractivity contribution in [3.8, 4) is 33.6 Å². The fraction of sp³-hybridized carbons (Fsp3) is 0. The van der Waals surface area contributed by atoms with Gasteiger partial charge >= 0.3 is 0 Å². The zero-order chi connectivity index (χ0) is 31.6. The number of nitrogens with zero attached hydrogens (tertiary/aromatic N) is 2. The highest BCUT2D eigenvalue weighted by molar-refractivity contribution is 6.25. The summed E-state index contributed by atoms with van der Waals surface area (Å²) in [6, 6.07) is 60.9. The second-order valence-electron chi connectivity index (χ2n) is 12.5. The van der Waals surface area contributed by atoms with E-state index >= 15 is 0 Å². The van der Waals surface area contributed by atoms with Crippen LogP contribution in [-0.2, 0) is 0 Å². The molecule has 0 saturated carbocycles. The van der Waals surface area contributed by atoms with Gasteiger partial charge in [0.15, 0.2) is 0 Å². The van der Waals surface area contributed by atoms with Gasteiger partial charge in [-0.1, -0.05) is 146 Å². The summed E-state index contributed by atoms with van der Waals surface area (Å²) in [5, 5.41) is 12.0. The van der Waals surface area contributed by atoms with Crippen LogP contribution in [0.25, 0.3) is 98.5 Å². The van der Waals surface area contributed by atoms with Crippen LogP contribution in [0.1, 0.15) is 0 Å². The second-order valence-corrected chi connectivity index (χ2v) is 12.5. The largest absolute Gasteiger partial charge is 0.247 e. The van der Waals surface area contributed by atoms with E-state index in [4.69, 9.17) is 9.97 Å². The molecule has 2 nitrogen and oxygen atoms in total. The predicted molar refractivity (Wildman–Crippen MR) is 203 cm³/mol. The SMILES string of the molecule is c1ccc2cc(-c3nc4ccccc4c4c3cc(-c3ccc(-c5nc6ccccc6c6ccccc56)cc3)c3ccccc34)ccc2c1. The van der Waals surface area contributed by atoms with Crippen molar-refractivity contribution in [3.63, 3.8) is 0 Å². The lowest BCUT2D eigenvalue weighted by molar-refractivity contribution is 1.43. The highest BCUT2D eigenvalue weighted by Gasteiger charge is 2.17. The first-order valence-corrected chi connectivity index (χ1v) is 16.4. The van der Waals surface area contributed by atoms with Crippen LogP contribution in [0, 0.1) is 0 Å². The van der Waals surface area contributed by atoms with Crippen LogP contribution < -0.4 is 0 Å². The molecule has 2 heterocycles. The Balaban J connectivity index is 1.22. The molecule has 0 spiro atoms. The summed E-state index contributed by atoms with van der Waals surface area (Å²) in [5.74, 6) is 0. The summed E-state index contributed by atoms with van der Waals surface area (Å²) >= 11 is 0. The smallest absolute Gasteiger partial charge is 0.0788 e. The lowest BCUT2D eigenvalue weighted by Crippen LogP contribution is -1.93. The van der Waals surface area contributed by atoms with E-state index in [1.54, 1.807) is 0 Å². The third kappa shape index (κ3) is 4.13. The lowest BCUT2D eigenvalue weighted by atomic mass is 9.89. The number of rotatable bonds is 3. The Bertz CT molecular complexity index is 2890. The van der Waals surface area contributed by atoms with E-state index in [0.717, 1.165) is 44.3 Å². The van der Waals surface area contributed by atoms with Gasteiger partial charge in [0.2, 0.25) is 0 Å². The molecule has 0 fully saturated rings. The van der Waals surface area contributed by atoms with Gasteiger partial charge in [0, 0.05) is 38.1 Å². The van der Waals surface area contributed by atoms with E-state index in [0.29, 0.717) is 0 Å². The molecule has 10 rings (SSSR count). The van der Waals surface area contributed by atoms with Crippen LogP contribution in [-0.4, -0.2) is 9.97 Å². The van der Waals surface area contributed by atoms with E-state index in [-0.39, 0.29) is 0 Å². The molecule has 2 aromatic heterocycles. The molecule has 222 valence electrons. The van der Waals surface area contributed by atoms with E-state index in [1.165, 1.54) is 54.2 Å². The Kier molecular flexibility index (Phi) is 5.91. The van der Waals surface area contributed by atoms with E-state index in [9.17, 15) is 0 Å². The molecule has 0 aliphatic carbocycles. The molecule has 2 heteroatoms. The summed E-state index contributed by atoms with van der Waals surface area (Å²) < 4.78 is 0. The summed E-state index contributed by atoms with van der Waals surface area (Å²) in [6.45, 7) is 0. The summed E-state index contributed by atoms with van der Waals surface area (Å²) in [4.78, 5) is 10.5. The molecule has 0 bridgehead atoms. The molecule has 0 atom stereocenters. The molecule has 8 aromatic carbocycles. The number of para-hydroxylation sites is 2. The molecule has 0 saturated heterocycles. The van der Waals surface area contributed by atoms with Crippen molar-refractivity contribution in [2.75, 3.05) is 0 Å². The Morgan fingerprint density at radius 1 is 0.292 bits per heavy atom. The second kappa shape index (κ2) is 10.6. The van der Waals surface area contributed by atoms with Gasteiger partial charge in [0.05, 0.1) is 22.4 Å². The average molecular weight is 609 g/mol. The zero-order valence-corrected chi connectivity index (χ0v) is 26.1. The lowest BCUT2D eigenvalue weighted by Gasteiger charge is -2.17. The standard InChI is InChI=1S/C46H28N2/c1-2-12-32-27-33(26-21-29(32)11-1)46-41-28-40(35-14-3-5-16-37(35)44(41)39-18-8-10-20-43(39)48-46)30-22-24-31(25-23-30)45-38-17-6-4-13-34(38)36-15-7-9-19-42(36)47-45/h1-28H.